The van der Waals surface area contributed by atoms with Gasteiger partial charge in [-0.2, -0.15) is 8.42 Å². The summed E-state index contributed by atoms with van der Waals surface area (Å²) in [5.41, 5.74) is 0.808. The third-order valence-electron chi connectivity index (χ3n) is 1.41. The molecule has 1 aromatic rings. The molecule has 1 N–H and O–H groups in total. The van der Waals surface area contributed by atoms with Gasteiger partial charge in [-0.3, -0.25) is 4.55 Å². The van der Waals surface area contributed by atoms with Crippen molar-refractivity contribution in [1.29, 1.82) is 0 Å². The van der Waals surface area contributed by atoms with Gasteiger partial charge in [0.15, 0.2) is 0 Å². The summed E-state index contributed by atoms with van der Waals surface area (Å²) < 4.78 is 29.7. The Morgan fingerprint density at radius 1 is 1.31 bits per heavy atom. The van der Waals surface area contributed by atoms with Gasteiger partial charge in [0.25, 0.3) is 10.1 Å². The zero-order valence-electron chi connectivity index (χ0n) is 8.97. The molecule has 13 heavy (non-hydrogen) atoms. The number of hydrogen-bond acceptors (Lipinski definition) is 2. The summed E-state index contributed by atoms with van der Waals surface area (Å²) in [6, 6.07) is 5.78. The maximum atomic E-state index is 10.6. The predicted molar refractivity (Wildman–Crippen MR) is 54.3 cm³/mol. The fourth-order valence-electron chi connectivity index (χ4n) is 0.776. The maximum Gasteiger partial charge on any atom is 2.00 e. The molecule has 68 valence electrons. The van der Waals surface area contributed by atoms with E-state index >= 15 is 0 Å². The van der Waals surface area contributed by atoms with Crippen LogP contribution in [0.1, 0.15) is 8.42 Å². The van der Waals surface area contributed by atoms with Gasteiger partial charge in [-0.05, 0) is 17.7 Å². The van der Waals surface area contributed by atoms with E-state index in [-0.39, 0.29) is 45.5 Å². The van der Waals surface area contributed by atoms with Gasteiger partial charge in [-0.15, -0.1) is 0 Å². The molecule has 0 unspecified atom stereocenters. The molecule has 0 aromatic heterocycles. The van der Waals surface area contributed by atoms with E-state index in [1.54, 1.807) is 18.2 Å². The van der Waals surface area contributed by atoms with Crippen LogP contribution in [0.3, 0.4) is 0 Å². The second-order valence-corrected chi connectivity index (χ2v) is 3.67. The zero-order valence-corrected chi connectivity index (χ0v) is 10.00. The normalized spacial score (nSPS) is 10.2. The van der Waals surface area contributed by atoms with Crippen molar-refractivity contribution < 1.29 is 15.8 Å². The van der Waals surface area contributed by atoms with Crippen molar-refractivity contribution in [2.75, 3.05) is 0 Å². The van der Waals surface area contributed by atoms with Crippen LogP contribution in [-0.2, 0) is 10.1 Å². The van der Waals surface area contributed by atoms with Crippen LogP contribution < -0.4 is 0 Å². The smallest absolute Gasteiger partial charge is 1.00 e. The summed E-state index contributed by atoms with van der Waals surface area (Å²) >= 11 is 0. The van der Waals surface area contributed by atoms with Crippen LogP contribution in [0.5, 0.6) is 0 Å². The summed E-state index contributed by atoms with van der Waals surface area (Å²) in [7, 11) is -4.06. The molecule has 0 aliphatic carbocycles. The largest absolute Gasteiger partial charge is 2.00 e. The van der Waals surface area contributed by atoms with E-state index < -0.39 is 10.1 Å². The molecular weight excluding hydrogens is 216 g/mol. The molecule has 1 aromatic carbocycles. The van der Waals surface area contributed by atoms with Crippen LogP contribution in [0, 0.1) is 0 Å². The summed E-state index contributed by atoms with van der Waals surface area (Å²) in [6.45, 7) is 3.51. The average Bonchev–Trinajstić information content (AvgIpc) is 2.03. The molecule has 0 atom stereocenters. The van der Waals surface area contributed by atoms with Gasteiger partial charge in [0.1, 0.15) is 0 Å². The van der Waals surface area contributed by atoms with E-state index in [4.69, 9.17) is 4.55 Å². The van der Waals surface area contributed by atoms with E-state index in [0.29, 0.717) is 0 Å². The Morgan fingerprint density at radius 3 is 2.08 bits per heavy atom. The van der Waals surface area contributed by atoms with Gasteiger partial charge in [-0.1, -0.05) is 24.8 Å². The van der Waals surface area contributed by atoms with Crippen molar-refractivity contribution in [3.8, 4) is 0 Å². The molecule has 3 nitrogen and oxygen atoms in total. The van der Waals surface area contributed by atoms with E-state index in [1.165, 1.54) is 12.1 Å². The van der Waals surface area contributed by atoms with Crippen LogP contribution in [0.4, 0.5) is 0 Å². The van der Waals surface area contributed by atoms with Crippen LogP contribution >= 0.6 is 0 Å². The summed E-state index contributed by atoms with van der Waals surface area (Å²) in [4.78, 5) is -0.104. The average molecular weight is 226 g/mol. The minimum Gasteiger partial charge on any atom is -1.00 e. The molecule has 0 aliphatic heterocycles. The predicted octanol–water partition coefficient (Wildman–Crippen LogP) is 1.42. The molecule has 0 bridgehead atoms. The molecule has 0 heterocycles. The van der Waals surface area contributed by atoms with Gasteiger partial charge in [0.05, 0.1) is 4.90 Å². The van der Waals surface area contributed by atoms with Crippen LogP contribution in [-0.4, -0.2) is 50.7 Å². The Hall–Kier alpha value is 0.130. The first kappa shape index (κ1) is 13.1. The molecule has 1 rings (SSSR count). The maximum absolute atomic E-state index is 10.6. The van der Waals surface area contributed by atoms with Crippen molar-refractivity contribution in [3.05, 3.63) is 36.4 Å². The summed E-state index contributed by atoms with van der Waals surface area (Å²) in [5.74, 6) is 0. The third kappa shape index (κ3) is 3.79. The van der Waals surface area contributed by atoms with Gasteiger partial charge >= 0.3 is 37.7 Å². The number of hydrogen-bond donors (Lipinski definition) is 1. The third-order valence-corrected chi connectivity index (χ3v) is 2.28. The second kappa shape index (κ2) is 5.12. The van der Waals surface area contributed by atoms with Crippen LogP contribution in [0.2, 0.25) is 0 Å². The van der Waals surface area contributed by atoms with Gasteiger partial charge in [0.2, 0.25) is 0 Å². The molecule has 0 amide bonds. The van der Waals surface area contributed by atoms with Crippen molar-refractivity contribution in [3.63, 3.8) is 0 Å². The van der Waals surface area contributed by atoms with E-state index in [1.807, 2.05) is 0 Å². The first-order valence-corrected chi connectivity index (χ1v) is 4.68. The van der Waals surface area contributed by atoms with Crippen molar-refractivity contribution >= 4 is 53.9 Å². The van der Waals surface area contributed by atoms with E-state index in [0.717, 1.165) is 5.56 Å². The Morgan fingerprint density at radius 2 is 1.77 bits per heavy atom. The Labute approximate surface area is 110 Å². The van der Waals surface area contributed by atoms with Crippen molar-refractivity contribution in [2.45, 2.75) is 4.90 Å². The topological polar surface area (TPSA) is 54.4 Å². The monoisotopic (exact) mass is 226 g/mol. The Balaban J connectivity index is -0.000000480. The Bertz CT molecular complexity index is 389. The van der Waals surface area contributed by atoms with Gasteiger partial charge in [-0.25, -0.2) is 0 Å². The molecule has 5 heteroatoms. The summed E-state index contributed by atoms with van der Waals surface area (Å²) in [5, 5.41) is 0. The molecule has 0 saturated carbocycles. The first-order chi connectivity index (χ1) is 5.54. The van der Waals surface area contributed by atoms with Gasteiger partial charge in [0, 0.05) is 0 Å². The molecular formula is C8H10CaO3S. The molecule has 0 saturated heterocycles. The van der Waals surface area contributed by atoms with E-state index in [9.17, 15) is 8.42 Å². The standard InChI is InChI=1S/C8H8O3S.Ca.2H/c1-2-7-3-5-8(6-4-7)12(9,10)11;;;/h2-6H,1H2,(H,9,10,11);;;/q;+2;2*-1. The minimum atomic E-state index is -4.06. The molecule has 0 fully saturated rings. The second-order valence-electron chi connectivity index (χ2n) is 2.25. The Kier molecular flexibility index (Phi) is 5.17. The number of benzene rings is 1. The molecule has 0 radical (unpaired) electrons. The van der Waals surface area contributed by atoms with Crippen molar-refractivity contribution in [1.82, 2.24) is 0 Å². The fourth-order valence-corrected chi connectivity index (χ4v) is 1.26. The van der Waals surface area contributed by atoms with Crippen LogP contribution in [0.25, 0.3) is 6.08 Å². The van der Waals surface area contributed by atoms with Gasteiger partial charge < -0.3 is 2.85 Å². The molecule has 0 spiro atoms. The van der Waals surface area contributed by atoms with E-state index in [2.05, 4.69) is 6.58 Å². The quantitative estimate of drug-likeness (QED) is 0.613. The van der Waals surface area contributed by atoms with Crippen molar-refractivity contribution in [2.24, 2.45) is 0 Å². The SMILES string of the molecule is C=Cc1ccc(S(=O)(=O)O)cc1.[Ca+2].[H-].[H-]. The first-order valence-electron chi connectivity index (χ1n) is 3.24. The minimum absolute atomic E-state index is 0. The fraction of sp³-hybridized carbons (Fsp3) is 0. The zero-order chi connectivity index (χ0) is 9.19. The van der Waals surface area contributed by atoms with Crippen LogP contribution in [0.15, 0.2) is 35.7 Å². The number of rotatable bonds is 2. The summed E-state index contributed by atoms with van der Waals surface area (Å²) in [6.07, 6.45) is 1.59. The molecule has 0 aliphatic rings.